The van der Waals surface area contributed by atoms with Crippen molar-refractivity contribution >= 4 is 35.1 Å². The molecule has 0 saturated carbocycles. The lowest BCUT2D eigenvalue weighted by molar-refractivity contribution is 0.102. The minimum absolute atomic E-state index is 0.150. The number of anilines is 1. The van der Waals surface area contributed by atoms with Gasteiger partial charge in [0.15, 0.2) is 0 Å². The number of carbonyl (C=O) groups is 1. The molecule has 2 aromatic rings. The van der Waals surface area contributed by atoms with Crippen molar-refractivity contribution in [1.29, 1.82) is 0 Å². The normalized spacial score (nSPS) is 10.0. The predicted molar refractivity (Wildman–Crippen MR) is 64.2 cm³/mol. The highest BCUT2D eigenvalue weighted by Crippen LogP contribution is 2.15. The lowest BCUT2D eigenvalue weighted by atomic mass is 10.2. The molecule has 2 aromatic heterocycles. The Balaban J connectivity index is 2.20. The van der Waals surface area contributed by atoms with E-state index >= 15 is 0 Å². The fourth-order valence-corrected chi connectivity index (χ4v) is 1.59. The van der Waals surface area contributed by atoms with Gasteiger partial charge in [0.1, 0.15) is 10.3 Å². The molecule has 2 heterocycles. The predicted octanol–water partition coefficient (Wildman–Crippen LogP) is 2.43. The van der Waals surface area contributed by atoms with E-state index in [0.717, 1.165) is 0 Å². The summed E-state index contributed by atoms with van der Waals surface area (Å²) in [5.74, 6) is -0.191. The number of nitrogens with zero attached hydrogens (tertiary/aromatic N) is 3. The summed E-state index contributed by atoms with van der Waals surface area (Å²) in [7, 11) is 0. The minimum atomic E-state index is -0.401. The number of hydrogen-bond donors (Lipinski definition) is 1. The largest absolute Gasteiger partial charge is 0.290 e. The van der Waals surface area contributed by atoms with Crippen LogP contribution in [-0.4, -0.2) is 20.9 Å². The molecule has 86 valence electrons. The molecule has 1 amide bonds. The fourth-order valence-electron chi connectivity index (χ4n) is 1.13. The molecule has 0 spiro atoms. The van der Waals surface area contributed by atoms with Gasteiger partial charge in [-0.3, -0.25) is 10.1 Å². The summed E-state index contributed by atoms with van der Waals surface area (Å²) < 4.78 is 0. The molecule has 2 rings (SSSR count). The van der Waals surface area contributed by atoms with Gasteiger partial charge in [0, 0.05) is 18.0 Å². The molecule has 7 heteroatoms. The number of nitrogens with one attached hydrogen (secondary N) is 1. The van der Waals surface area contributed by atoms with Gasteiger partial charge in [0.2, 0.25) is 5.95 Å². The molecule has 17 heavy (non-hydrogen) atoms. The van der Waals surface area contributed by atoms with Crippen LogP contribution >= 0.6 is 23.2 Å². The van der Waals surface area contributed by atoms with Gasteiger partial charge in [-0.25, -0.2) is 15.0 Å². The Hall–Kier alpha value is -1.72. The Morgan fingerprint density at radius 2 is 1.71 bits per heavy atom. The first-order valence-corrected chi connectivity index (χ1v) is 5.32. The number of hydrogen-bond acceptors (Lipinski definition) is 4. The third-order valence-corrected chi connectivity index (χ3v) is 2.20. The Kier molecular flexibility index (Phi) is 3.51. The molecular weight excluding hydrogens is 263 g/mol. The van der Waals surface area contributed by atoms with Crippen molar-refractivity contribution in [2.75, 3.05) is 5.32 Å². The molecule has 1 N–H and O–H groups in total. The zero-order valence-electron chi connectivity index (χ0n) is 8.39. The van der Waals surface area contributed by atoms with Gasteiger partial charge in [-0.15, -0.1) is 0 Å². The van der Waals surface area contributed by atoms with Gasteiger partial charge in [0.25, 0.3) is 5.91 Å². The van der Waals surface area contributed by atoms with Gasteiger partial charge >= 0.3 is 0 Å². The van der Waals surface area contributed by atoms with Gasteiger partial charge in [0.05, 0.1) is 0 Å². The van der Waals surface area contributed by atoms with Crippen molar-refractivity contribution in [3.63, 3.8) is 0 Å². The molecule has 0 aliphatic heterocycles. The Morgan fingerprint density at radius 3 is 2.29 bits per heavy atom. The van der Waals surface area contributed by atoms with E-state index in [4.69, 9.17) is 23.2 Å². The van der Waals surface area contributed by atoms with Gasteiger partial charge in [-0.2, -0.15) is 0 Å². The van der Waals surface area contributed by atoms with E-state index < -0.39 is 5.91 Å². The average Bonchev–Trinajstić information content (AvgIpc) is 2.29. The molecule has 0 unspecified atom stereocenters. The van der Waals surface area contributed by atoms with E-state index in [9.17, 15) is 4.79 Å². The molecule has 0 atom stereocenters. The molecule has 0 fully saturated rings. The zero-order valence-corrected chi connectivity index (χ0v) is 9.90. The van der Waals surface area contributed by atoms with E-state index in [0.29, 0.717) is 5.56 Å². The number of pyridine rings is 1. The smallest absolute Gasteiger partial charge is 0.258 e. The van der Waals surface area contributed by atoms with Crippen LogP contribution in [0.5, 0.6) is 0 Å². The lowest BCUT2D eigenvalue weighted by Gasteiger charge is -2.03. The van der Waals surface area contributed by atoms with Crippen molar-refractivity contribution in [3.05, 3.63) is 46.5 Å². The monoisotopic (exact) mass is 268 g/mol. The maximum Gasteiger partial charge on any atom is 0.258 e. The molecule has 0 radical (unpaired) electrons. The van der Waals surface area contributed by atoms with Crippen LogP contribution in [0.25, 0.3) is 0 Å². The van der Waals surface area contributed by atoms with Crippen LogP contribution in [0, 0.1) is 0 Å². The first kappa shape index (κ1) is 11.8. The van der Waals surface area contributed by atoms with Crippen LogP contribution in [0.2, 0.25) is 10.3 Å². The van der Waals surface area contributed by atoms with Crippen LogP contribution in [0.4, 0.5) is 5.95 Å². The van der Waals surface area contributed by atoms with Crippen LogP contribution in [-0.2, 0) is 0 Å². The third kappa shape index (κ3) is 3.12. The van der Waals surface area contributed by atoms with E-state index in [2.05, 4.69) is 20.3 Å². The first-order chi connectivity index (χ1) is 8.15. The molecule has 0 bridgehead atoms. The molecule has 0 saturated heterocycles. The quantitative estimate of drug-likeness (QED) is 0.850. The molecular formula is C10H6Cl2N4O. The van der Waals surface area contributed by atoms with Gasteiger partial charge in [-0.05, 0) is 18.2 Å². The van der Waals surface area contributed by atoms with Crippen LogP contribution < -0.4 is 5.32 Å². The number of carbonyl (C=O) groups excluding carboxylic acids is 1. The highest BCUT2D eigenvalue weighted by molar-refractivity contribution is 6.33. The standard InChI is InChI=1S/C10H6Cl2N4O/c11-7-4-6(5-8(12)15-7)9(17)16-10-13-2-1-3-14-10/h1-5H,(H,13,14,16,17). The van der Waals surface area contributed by atoms with Crippen molar-refractivity contribution in [1.82, 2.24) is 15.0 Å². The Bertz CT molecular complexity index is 527. The van der Waals surface area contributed by atoms with Crippen molar-refractivity contribution in [2.45, 2.75) is 0 Å². The van der Waals surface area contributed by atoms with Crippen LogP contribution in [0.1, 0.15) is 10.4 Å². The number of amides is 1. The maximum absolute atomic E-state index is 11.8. The molecule has 0 aliphatic carbocycles. The summed E-state index contributed by atoms with van der Waals surface area (Å²) >= 11 is 11.4. The first-order valence-electron chi connectivity index (χ1n) is 4.56. The summed E-state index contributed by atoms with van der Waals surface area (Å²) in [6.45, 7) is 0. The van der Waals surface area contributed by atoms with E-state index in [1.54, 1.807) is 6.07 Å². The summed E-state index contributed by atoms with van der Waals surface area (Å²) in [6.07, 6.45) is 3.05. The van der Waals surface area contributed by atoms with Crippen molar-refractivity contribution in [2.24, 2.45) is 0 Å². The number of halogens is 2. The highest BCUT2D eigenvalue weighted by Gasteiger charge is 2.09. The minimum Gasteiger partial charge on any atom is -0.290 e. The second-order valence-electron chi connectivity index (χ2n) is 3.03. The topological polar surface area (TPSA) is 67.8 Å². The highest BCUT2D eigenvalue weighted by atomic mass is 35.5. The number of rotatable bonds is 2. The average molecular weight is 269 g/mol. The van der Waals surface area contributed by atoms with E-state index in [1.807, 2.05) is 0 Å². The van der Waals surface area contributed by atoms with Gasteiger partial charge in [-0.1, -0.05) is 23.2 Å². The lowest BCUT2D eigenvalue weighted by Crippen LogP contribution is -2.14. The summed E-state index contributed by atoms with van der Waals surface area (Å²) in [5.41, 5.74) is 0.294. The summed E-state index contributed by atoms with van der Waals surface area (Å²) in [5, 5.41) is 2.81. The molecule has 5 nitrogen and oxygen atoms in total. The van der Waals surface area contributed by atoms with Crippen molar-refractivity contribution in [3.8, 4) is 0 Å². The van der Waals surface area contributed by atoms with Crippen molar-refractivity contribution < 1.29 is 4.79 Å². The SMILES string of the molecule is O=C(Nc1ncccn1)c1cc(Cl)nc(Cl)c1. The zero-order chi connectivity index (χ0) is 12.3. The third-order valence-electron chi connectivity index (χ3n) is 1.82. The van der Waals surface area contributed by atoms with Crippen LogP contribution in [0.15, 0.2) is 30.6 Å². The summed E-state index contributed by atoms with van der Waals surface area (Å²) in [4.78, 5) is 23.3. The number of aromatic nitrogens is 3. The van der Waals surface area contributed by atoms with Gasteiger partial charge < -0.3 is 0 Å². The second kappa shape index (κ2) is 5.07. The molecule has 0 aliphatic rings. The van der Waals surface area contributed by atoms with E-state index in [1.165, 1.54) is 24.5 Å². The van der Waals surface area contributed by atoms with E-state index in [-0.39, 0.29) is 16.3 Å². The molecule has 0 aromatic carbocycles. The summed E-state index contributed by atoms with van der Waals surface area (Å²) in [6, 6.07) is 4.47. The Morgan fingerprint density at radius 1 is 1.12 bits per heavy atom. The van der Waals surface area contributed by atoms with Crippen LogP contribution in [0.3, 0.4) is 0 Å². The second-order valence-corrected chi connectivity index (χ2v) is 3.80. The Labute approximate surface area is 107 Å². The fraction of sp³-hybridized carbons (Fsp3) is 0. The maximum atomic E-state index is 11.8.